The van der Waals surface area contributed by atoms with Crippen molar-refractivity contribution >= 4 is 5.97 Å². The van der Waals surface area contributed by atoms with Crippen molar-refractivity contribution in [2.45, 2.75) is 65.1 Å². The number of hydrogen-bond acceptors (Lipinski definition) is 3. The van der Waals surface area contributed by atoms with Crippen molar-refractivity contribution < 1.29 is 9.53 Å². The first-order chi connectivity index (χ1) is 10.7. The predicted molar refractivity (Wildman–Crippen MR) is 96.4 cm³/mol. The number of carbonyl (C=O) groups is 1. The Kier molecular flexibility index (Phi) is 7.50. The molecule has 1 aromatic carbocycles. The molecule has 0 fully saturated rings. The molecule has 3 heteroatoms. The van der Waals surface area contributed by atoms with Gasteiger partial charge in [-0.2, -0.15) is 0 Å². The van der Waals surface area contributed by atoms with Crippen LogP contribution in [0.2, 0.25) is 0 Å². The molecule has 0 aromatic heterocycles. The molecule has 0 aliphatic heterocycles. The van der Waals surface area contributed by atoms with E-state index in [2.05, 4.69) is 25.7 Å². The normalized spacial score (nSPS) is 14.3. The summed E-state index contributed by atoms with van der Waals surface area (Å²) in [7, 11) is 0. The topological polar surface area (TPSA) is 38.3 Å². The Morgan fingerprint density at radius 1 is 1.26 bits per heavy atom. The third-order valence-corrected chi connectivity index (χ3v) is 3.40. The first-order valence-corrected chi connectivity index (χ1v) is 8.36. The van der Waals surface area contributed by atoms with Crippen molar-refractivity contribution in [3.05, 3.63) is 48.6 Å². The fraction of sp³-hybridized carbons (Fsp3) is 0.550. The van der Waals surface area contributed by atoms with Crippen LogP contribution in [0, 0.1) is 5.92 Å². The molecular formula is C20H31NO2. The highest BCUT2D eigenvalue weighted by Gasteiger charge is 2.27. The van der Waals surface area contributed by atoms with Gasteiger partial charge in [0.1, 0.15) is 11.6 Å². The lowest BCUT2D eigenvalue weighted by atomic mass is 10.0. The Morgan fingerprint density at radius 2 is 1.87 bits per heavy atom. The highest BCUT2D eigenvalue weighted by molar-refractivity contribution is 5.76. The highest BCUT2D eigenvalue weighted by atomic mass is 16.6. The second-order valence-electron chi connectivity index (χ2n) is 7.41. The second-order valence-corrected chi connectivity index (χ2v) is 7.41. The summed E-state index contributed by atoms with van der Waals surface area (Å²) < 4.78 is 5.59. The Hall–Kier alpha value is -1.61. The van der Waals surface area contributed by atoms with Crippen molar-refractivity contribution in [2.75, 3.05) is 0 Å². The van der Waals surface area contributed by atoms with E-state index in [1.165, 1.54) is 0 Å². The van der Waals surface area contributed by atoms with Crippen molar-refractivity contribution in [3.8, 4) is 0 Å². The summed E-state index contributed by atoms with van der Waals surface area (Å²) in [6.07, 6.45) is 3.43. The Labute approximate surface area is 141 Å². The summed E-state index contributed by atoms with van der Waals surface area (Å²) in [5.41, 5.74) is 0.623. The molecule has 0 bridgehead atoms. The van der Waals surface area contributed by atoms with Gasteiger partial charge in [0.15, 0.2) is 0 Å². The highest BCUT2D eigenvalue weighted by Crippen LogP contribution is 2.14. The zero-order valence-corrected chi connectivity index (χ0v) is 15.1. The first kappa shape index (κ1) is 19.4. The molecule has 0 unspecified atom stereocenters. The van der Waals surface area contributed by atoms with Crippen LogP contribution < -0.4 is 5.32 Å². The molecule has 2 atom stereocenters. The van der Waals surface area contributed by atoms with Gasteiger partial charge in [-0.25, -0.2) is 0 Å². The molecule has 3 nitrogen and oxygen atoms in total. The standard InChI is InChI=1S/C20H31NO2/c1-7-17(13-15(2)3)21-18(19(22)23-20(4,5)6)14-16-11-9-8-10-12-16/h7-12,15,17-18,21H,1,13-14H2,2-6H3/t17-,18-/m0/s1. The van der Waals surface area contributed by atoms with E-state index in [1.54, 1.807) is 0 Å². The summed E-state index contributed by atoms with van der Waals surface area (Å²) in [6.45, 7) is 13.9. The van der Waals surface area contributed by atoms with Crippen LogP contribution in [0.25, 0.3) is 0 Å². The van der Waals surface area contributed by atoms with Crippen LogP contribution in [0.1, 0.15) is 46.6 Å². The van der Waals surface area contributed by atoms with E-state index >= 15 is 0 Å². The van der Waals surface area contributed by atoms with Crippen molar-refractivity contribution in [3.63, 3.8) is 0 Å². The van der Waals surface area contributed by atoms with Crippen LogP contribution in [-0.4, -0.2) is 23.7 Å². The van der Waals surface area contributed by atoms with Gasteiger partial charge in [-0.1, -0.05) is 50.3 Å². The molecule has 1 N–H and O–H groups in total. The quantitative estimate of drug-likeness (QED) is 0.579. The summed E-state index contributed by atoms with van der Waals surface area (Å²) in [4.78, 5) is 12.6. The molecule has 0 saturated heterocycles. The summed E-state index contributed by atoms with van der Waals surface area (Å²) in [6, 6.07) is 9.73. The lowest BCUT2D eigenvalue weighted by Crippen LogP contribution is -2.47. The first-order valence-electron chi connectivity index (χ1n) is 8.36. The van der Waals surface area contributed by atoms with Gasteiger partial charge in [-0.05, 0) is 45.1 Å². The third kappa shape index (κ3) is 7.98. The van der Waals surface area contributed by atoms with Gasteiger partial charge in [0.25, 0.3) is 0 Å². The van der Waals surface area contributed by atoms with E-state index in [-0.39, 0.29) is 18.1 Å². The van der Waals surface area contributed by atoms with Gasteiger partial charge in [-0.3, -0.25) is 10.1 Å². The van der Waals surface area contributed by atoms with Crippen LogP contribution in [0.3, 0.4) is 0 Å². The fourth-order valence-corrected chi connectivity index (χ4v) is 2.43. The number of hydrogen-bond donors (Lipinski definition) is 1. The van der Waals surface area contributed by atoms with Crippen LogP contribution >= 0.6 is 0 Å². The third-order valence-electron chi connectivity index (χ3n) is 3.40. The molecular weight excluding hydrogens is 286 g/mol. The lowest BCUT2D eigenvalue weighted by molar-refractivity contribution is -0.157. The average molecular weight is 317 g/mol. The number of esters is 1. The van der Waals surface area contributed by atoms with Crippen molar-refractivity contribution in [1.82, 2.24) is 5.32 Å². The number of rotatable bonds is 8. The Bertz CT molecular complexity index is 488. The summed E-state index contributed by atoms with van der Waals surface area (Å²) in [5, 5.41) is 3.41. The van der Waals surface area contributed by atoms with Crippen LogP contribution in [0.4, 0.5) is 0 Å². The molecule has 0 amide bonds. The lowest BCUT2D eigenvalue weighted by Gasteiger charge is -2.27. The van der Waals surface area contributed by atoms with Crippen LogP contribution in [-0.2, 0) is 16.0 Å². The second kappa shape index (κ2) is 8.88. The van der Waals surface area contributed by atoms with E-state index in [0.717, 1.165) is 12.0 Å². The zero-order chi connectivity index (χ0) is 17.5. The number of carbonyl (C=O) groups excluding carboxylic acids is 1. The monoisotopic (exact) mass is 317 g/mol. The Balaban J connectivity index is 2.86. The van der Waals surface area contributed by atoms with Crippen LogP contribution in [0.15, 0.2) is 43.0 Å². The van der Waals surface area contributed by atoms with Gasteiger partial charge < -0.3 is 4.74 Å². The molecule has 0 aliphatic carbocycles. The molecule has 1 aromatic rings. The molecule has 0 radical (unpaired) electrons. The minimum absolute atomic E-state index is 0.0937. The molecule has 0 spiro atoms. The SMILES string of the molecule is C=C[C@@H](CC(C)C)N[C@@H](Cc1ccccc1)C(=O)OC(C)(C)C. The molecule has 1 rings (SSSR count). The van der Waals surface area contributed by atoms with E-state index in [0.29, 0.717) is 12.3 Å². The minimum atomic E-state index is -0.491. The predicted octanol–water partition coefficient (Wildman–Crippen LogP) is 4.13. The van der Waals surface area contributed by atoms with Gasteiger partial charge in [0, 0.05) is 6.04 Å². The van der Waals surface area contributed by atoms with Gasteiger partial charge in [0.05, 0.1) is 0 Å². The van der Waals surface area contributed by atoms with E-state index in [4.69, 9.17) is 4.74 Å². The van der Waals surface area contributed by atoms with E-state index in [1.807, 2.05) is 57.2 Å². The number of ether oxygens (including phenoxy) is 1. The smallest absolute Gasteiger partial charge is 0.324 e. The summed E-state index contributed by atoms with van der Waals surface area (Å²) >= 11 is 0. The summed E-state index contributed by atoms with van der Waals surface area (Å²) in [5.74, 6) is 0.318. The van der Waals surface area contributed by atoms with Crippen molar-refractivity contribution in [1.29, 1.82) is 0 Å². The van der Waals surface area contributed by atoms with E-state index in [9.17, 15) is 4.79 Å². The molecule has 0 saturated carbocycles. The van der Waals surface area contributed by atoms with Gasteiger partial charge >= 0.3 is 5.97 Å². The molecule has 23 heavy (non-hydrogen) atoms. The molecule has 128 valence electrons. The molecule has 0 aliphatic rings. The van der Waals surface area contributed by atoms with Crippen LogP contribution in [0.5, 0.6) is 0 Å². The Morgan fingerprint density at radius 3 is 2.35 bits per heavy atom. The number of nitrogens with one attached hydrogen (secondary N) is 1. The average Bonchev–Trinajstić information content (AvgIpc) is 2.44. The van der Waals surface area contributed by atoms with Crippen molar-refractivity contribution in [2.24, 2.45) is 5.92 Å². The number of benzene rings is 1. The maximum absolute atomic E-state index is 12.6. The zero-order valence-electron chi connectivity index (χ0n) is 15.1. The maximum Gasteiger partial charge on any atom is 0.324 e. The van der Waals surface area contributed by atoms with E-state index < -0.39 is 5.60 Å². The minimum Gasteiger partial charge on any atom is -0.459 e. The maximum atomic E-state index is 12.6. The van der Waals surface area contributed by atoms with Gasteiger partial charge in [0.2, 0.25) is 0 Å². The largest absolute Gasteiger partial charge is 0.459 e. The fourth-order valence-electron chi connectivity index (χ4n) is 2.43. The van der Waals surface area contributed by atoms with Gasteiger partial charge in [-0.15, -0.1) is 6.58 Å². The molecule has 0 heterocycles.